The Bertz CT molecular complexity index is 535. The van der Waals surface area contributed by atoms with Crippen LogP contribution in [-0.2, 0) is 0 Å². The van der Waals surface area contributed by atoms with Crippen LogP contribution in [-0.4, -0.2) is 0 Å². The molecule has 0 saturated heterocycles. The Hall–Kier alpha value is -0.900. The maximum atomic E-state index is 13.3. The first-order valence-electron chi connectivity index (χ1n) is 5.45. The van der Waals surface area contributed by atoms with Crippen molar-refractivity contribution in [1.82, 2.24) is 0 Å². The number of benzene rings is 2. The van der Waals surface area contributed by atoms with E-state index in [4.69, 9.17) is 17.3 Å². The predicted octanol–water partition coefficient (Wildman–Crippen LogP) is 4.60. The zero-order valence-corrected chi connectivity index (χ0v) is 12.1. The zero-order valence-electron chi connectivity index (χ0n) is 9.75. The summed E-state index contributed by atoms with van der Waals surface area (Å²) in [4.78, 5) is 0. The van der Waals surface area contributed by atoms with Gasteiger partial charge in [-0.3, -0.25) is 0 Å². The van der Waals surface area contributed by atoms with Gasteiger partial charge in [-0.2, -0.15) is 0 Å². The van der Waals surface area contributed by atoms with Crippen LogP contribution in [0.25, 0.3) is 0 Å². The highest BCUT2D eigenvalue weighted by Crippen LogP contribution is 2.30. The molecular weight excluding hydrogens is 317 g/mol. The molecule has 0 radical (unpaired) electrons. The molecule has 0 aliphatic rings. The molecule has 2 N–H and O–H groups in total. The van der Waals surface area contributed by atoms with E-state index in [1.807, 2.05) is 19.1 Å². The van der Waals surface area contributed by atoms with Gasteiger partial charge in [-0.1, -0.05) is 33.6 Å². The van der Waals surface area contributed by atoms with Gasteiger partial charge in [0, 0.05) is 9.50 Å². The SMILES string of the molecule is Cc1ccc(F)cc1C(N)c1cc(Br)ccc1Cl. The Kier molecular flexibility index (Phi) is 4.05. The largest absolute Gasteiger partial charge is 0.320 e. The van der Waals surface area contributed by atoms with Crippen LogP contribution < -0.4 is 5.73 Å². The third-order valence-electron chi connectivity index (χ3n) is 2.87. The second-order valence-electron chi connectivity index (χ2n) is 4.14. The summed E-state index contributed by atoms with van der Waals surface area (Å²) in [7, 11) is 0. The molecule has 2 rings (SSSR count). The zero-order chi connectivity index (χ0) is 13.3. The van der Waals surface area contributed by atoms with Crippen molar-refractivity contribution in [2.45, 2.75) is 13.0 Å². The first-order valence-corrected chi connectivity index (χ1v) is 6.62. The molecule has 94 valence electrons. The fourth-order valence-corrected chi connectivity index (χ4v) is 2.48. The van der Waals surface area contributed by atoms with Crippen molar-refractivity contribution < 1.29 is 4.39 Å². The van der Waals surface area contributed by atoms with Crippen molar-refractivity contribution in [2.75, 3.05) is 0 Å². The van der Waals surface area contributed by atoms with Crippen LogP contribution in [0.3, 0.4) is 0 Å². The molecule has 1 unspecified atom stereocenters. The molecule has 18 heavy (non-hydrogen) atoms. The topological polar surface area (TPSA) is 26.0 Å². The van der Waals surface area contributed by atoms with Gasteiger partial charge in [-0.15, -0.1) is 0 Å². The molecule has 2 aromatic carbocycles. The van der Waals surface area contributed by atoms with Crippen LogP contribution in [0, 0.1) is 12.7 Å². The molecule has 1 nitrogen and oxygen atoms in total. The van der Waals surface area contributed by atoms with Crippen molar-refractivity contribution in [3.05, 3.63) is 68.4 Å². The van der Waals surface area contributed by atoms with Crippen LogP contribution >= 0.6 is 27.5 Å². The lowest BCUT2D eigenvalue weighted by atomic mass is 9.95. The van der Waals surface area contributed by atoms with Gasteiger partial charge >= 0.3 is 0 Å². The highest BCUT2D eigenvalue weighted by Gasteiger charge is 2.15. The van der Waals surface area contributed by atoms with Gasteiger partial charge < -0.3 is 5.73 Å². The lowest BCUT2D eigenvalue weighted by Crippen LogP contribution is -2.14. The van der Waals surface area contributed by atoms with Crippen molar-refractivity contribution in [2.24, 2.45) is 5.73 Å². The average Bonchev–Trinajstić information content (AvgIpc) is 2.34. The van der Waals surface area contributed by atoms with E-state index in [1.54, 1.807) is 12.1 Å². The van der Waals surface area contributed by atoms with Crippen LogP contribution in [0.1, 0.15) is 22.7 Å². The molecule has 2 aromatic rings. The van der Waals surface area contributed by atoms with Gasteiger partial charge in [0.25, 0.3) is 0 Å². The van der Waals surface area contributed by atoms with Crippen molar-refractivity contribution >= 4 is 27.5 Å². The molecule has 0 fully saturated rings. The molecule has 0 aliphatic carbocycles. The normalized spacial score (nSPS) is 12.5. The summed E-state index contributed by atoms with van der Waals surface area (Å²) >= 11 is 9.52. The van der Waals surface area contributed by atoms with E-state index in [1.165, 1.54) is 12.1 Å². The Morgan fingerprint density at radius 1 is 1.17 bits per heavy atom. The van der Waals surface area contributed by atoms with Gasteiger partial charge in [0.15, 0.2) is 0 Å². The van der Waals surface area contributed by atoms with Gasteiger partial charge in [0.2, 0.25) is 0 Å². The van der Waals surface area contributed by atoms with Gasteiger partial charge in [-0.25, -0.2) is 4.39 Å². The Balaban J connectivity index is 2.50. The third-order valence-corrected chi connectivity index (χ3v) is 3.71. The maximum Gasteiger partial charge on any atom is 0.123 e. The number of halogens is 3. The number of nitrogens with two attached hydrogens (primary N) is 1. The predicted molar refractivity (Wildman–Crippen MR) is 76.3 cm³/mol. The maximum absolute atomic E-state index is 13.3. The molecular formula is C14H12BrClFN. The third kappa shape index (κ3) is 2.74. The number of hydrogen-bond donors (Lipinski definition) is 1. The summed E-state index contributed by atoms with van der Waals surface area (Å²) in [6.07, 6.45) is 0. The summed E-state index contributed by atoms with van der Waals surface area (Å²) < 4.78 is 14.2. The number of rotatable bonds is 2. The lowest BCUT2D eigenvalue weighted by Gasteiger charge is -2.17. The van der Waals surface area contributed by atoms with E-state index >= 15 is 0 Å². The molecule has 0 aromatic heterocycles. The highest BCUT2D eigenvalue weighted by molar-refractivity contribution is 9.10. The van der Waals surface area contributed by atoms with Gasteiger partial charge in [0.05, 0.1) is 6.04 Å². The second kappa shape index (κ2) is 5.39. The molecule has 0 heterocycles. The molecule has 0 aliphatic heterocycles. The average molecular weight is 329 g/mol. The summed E-state index contributed by atoms with van der Waals surface area (Å²) in [5, 5.41) is 0.578. The highest BCUT2D eigenvalue weighted by atomic mass is 79.9. The smallest absolute Gasteiger partial charge is 0.123 e. The lowest BCUT2D eigenvalue weighted by molar-refractivity contribution is 0.622. The van der Waals surface area contributed by atoms with E-state index < -0.39 is 6.04 Å². The van der Waals surface area contributed by atoms with E-state index in [2.05, 4.69) is 15.9 Å². The minimum atomic E-state index is -0.439. The molecule has 1 atom stereocenters. The van der Waals surface area contributed by atoms with Crippen LogP contribution in [0.4, 0.5) is 4.39 Å². The van der Waals surface area contributed by atoms with Gasteiger partial charge in [-0.05, 0) is 53.9 Å². The van der Waals surface area contributed by atoms with Gasteiger partial charge in [0.1, 0.15) is 5.82 Å². The van der Waals surface area contributed by atoms with E-state index in [0.29, 0.717) is 5.02 Å². The minimum Gasteiger partial charge on any atom is -0.320 e. The summed E-state index contributed by atoms with van der Waals surface area (Å²) in [5.74, 6) is -0.294. The number of hydrogen-bond acceptors (Lipinski definition) is 1. The molecule has 0 spiro atoms. The van der Waals surface area contributed by atoms with E-state index in [-0.39, 0.29) is 5.82 Å². The van der Waals surface area contributed by atoms with Crippen LogP contribution in [0.2, 0.25) is 5.02 Å². The van der Waals surface area contributed by atoms with Crippen molar-refractivity contribution in [3.63, 3.8) is 0 Å². The van der Waals surface area contributed by atoms with Crippen molar-refractivity contribution in [3.8, 4) is 0 Å². The minimum absolute atomic E-state index is 0.294. The molecule has 0 saturated carbocycles. The van der Waals surface area contributed by atoms with Crippen LogP contribution in [0.15, 0.2) is 40.9 Å². The molecule has 0 amide bonds. The van der Waals surface area contributed by atoms with E-state index in [0.717, 1.165) is 21.2 Å². The summed E-state index contributed by atoms with van der Waals surface area (Å²) in [6, 6.07) is 9.64. The first kappa shape index (κ1) is 13.5. The van der Waals surface area contributed by atoms with E-state index in [9.17, 15) is 4.39 Å². The van der Waals surface area contributed by atoms with Crippen molar-refractivity contribution in [1.29, 1.82) is 0 Å². The Morgan fingerprint density at radius 2 is 1.89 bits per heavy atom. The quantitative estimate of drug-likeness (QED) is 0.856. The first-order chi connectivity index (χ1) is 8.49. The number of aryl methyl sites for hydroxylation is 1. The fourth-order valence-electron chi connectivity index (χ4n) is 1.87. The van der Waals surface area contributed by atoms with Crippen LogP contribution in [0.5, 0.6) is 0 Å². The Labute approximate surface area is 119 Å². The Morgan fingerprint density at radius 3 is 2.61 bits per heavy atom. The second-order valence-corrected chi connectivity index (χ2v) is 5.47. The monoisotopic (exact) mass is 327 g/mol. The summed E-state index contributed by atoms with van der Waals surface area (Å²) in [5.41, 5.74) is 8.65. The summed E-state index contributed by atoms with van der Waals surface area (Å²) in [6.45, 7) is 1.90. The molecule has 0 bridgehead atoms. The standard InChI is InChI=1S/C14H12BrClFN/c1-8-2-4-10(17)7-11(8)14(18)12-6-9(15)3-5-13(12)16/h2-7,14H,18H2,1H3. The molecule has 4 heteroatoms. The fraction of sp³-hybridized carbons (Fsp3) is 0.143.